The van der Waals surface area contributed by atoms with Crippen LogP contribution in [0.15, 0.2) is 12.1 Å². The fourth-order valence-corrected chi connectivity index (χ4v) is 6.98. The van der Waals surface area contributed by atoms with Crippen molar-refractivity contribution in [1.29, 1.82) is 0 Å². The van der Waals surface area contributed by atoms with E-state index in [9.17, 15) is 9.90 Å². The molecular weight excluding hydrogens is 514 g/mol. The largest absolute Gasteiger partial charge is 0.477 e. The summed E-state index contributed by atoms with van der Waals surface area (Å²) in [6.45, 7) is 14.7. The van der Waals surface area contributed by atoms with E-state index in [0.29, 0.717) is 30.3 Å². The molecule has 0 atom stereocenters. The van der Waals surface area contributed by atoms with E-state index < -0.39 is 14.3 Å². The smallest absolute Gasteiger partial charge is 0.352 e. The fourth-order valence-electron chi connectivity index (χ4n) is 5.65. The standard InChI is InChI=1S/C30H44ClN3O3Si/c1-8-24-26-23(32-33(24)5)15-11-9-10-12-18-34-27-21(16-17-22(31)25(26)27)20(28(34)29(35)36)14-13-19-37-38(6,7)30(2,3)4/h16-17H,8-15,18-19H2,1-7H3,(H,35,36). The van der Waals surface area contributed by atoms with E-state index in [-0.39, 0.29) is 5.04 Å². The molecule has 0 aliphatic carbocycles. The molecule has 1 aliphatic heterocycles. The number of rotatable bonds is 7. The summed E-state index contributed by atoms with van der Waals surface area (Å²) in [5.74, 6) is -0.874. The highest BCUT2D eigenvalue weighted by Crippen LogP contribution is 2.43. The molecule has 0 radical (unpaired) electrons. The van der Waals surface area contributed by atoms with Gasteiger partial charge in [0.15, 0.2) is 8.32 Å². The van der Waals surface area contributed by atoms with Gasteiger partial charge in [-0.3, -0.25) is 4.68 Å². The summed E-state index contributed by atoms with van der Waals surface area (Å²) in [6, 6.07) is 3.97. The van der Waals surface area contributed by atoms with E-state index >= 15 is 0 Å². The van der Waals surface area contributed by atoms with Crippen molar-refractivity contribution >= 4 is 36.8 Å². The minimum Gasteiger partial charge on any atom is -0.477 e. The molecule has 0 spiro atoms. The average Bonchev–Trinajstić information content (AvgIpc) is 3.30. The van der Waals surface area contributed by atoms with Crippen molar-refractivity contribution < 1.29 is 14.3 Å². The minimum atomic E-state index is -1.87. The first kappa shape index (κ1) is 28.9. The number of hydrogen-bond donors (Lipinski definition) is 1. The molecule has 38 heavy (non-hydrogen) atoms. The van der Waals surface area contributed by atoms with Crippen molar-refractivity contribution in [3.8, 4) is 11.1 Å². The predicted molar refractivity (Wildman–Crippen MR) is 159 cm³/mol. The number of carbonyl (C=O) groups is 1. The summed E-state index contributed by atoms with van der Waals surface area (Å²) in [7, 11) is 0.136. The molecule has 1 aliphatic rings. The molecule has 0 bridgehead atoms. The molecule has 0 amide bonds. The van der Waals surface area contributed by atoms with Crippen LogP contribution in [0.5, 0.6) is 0 Å². The normalized spacial score (nSPS) is 14.9. The molecule has 1 aromatic carbocycles. The van der Waals surface area contributed by atoms with E-state index in [2.05, 4.69) is 40.8 Å². The summed E-state index contributed by atoms with van der Waals surface area (Å²) in [6.07, 6.45) is 7.34. The van der Waals surface area contributed by atoms with Crippen molar-refractivity contribution in [1.82, 2.24) is 14.3 Å². The van der Waals surface area contributed by atoms with Gasteiger partial charge in [-0.15, -0.1) is 0 Å². The van der Waals surface area contributed by atoms with Crippen molar-refractivity contribution in [3.63, 3.8) is 0 Å². The highest BCUT2D eigenvalue weighted by atomic mass is 35.5. The summed E-state index contributed by atoms with van der Waals surface area (Å²) in [5, 5.41) is 17.2. The first-order valence-electron chi connectivity index (χ1n) is 14.1. The van der Waals surface area contributed by atoms with Gasteiger partial charge in [0.05, 0.1) is 16.2 Å². The maximum Gasteiger partial charge on any atom is 0.352 e. The van der Waals surface area contributed by atoms with Gasteiger partial charge >= 0.3 is 5.97 Å². The molecule has 8 heteroatoms. The Morgan fingerprint density at radius 2 is 1.87 bits per heavy atom. The van der Waals surface area contributed by atoms with Gasteiger partial charge in [0.1, 0.15) is 5.69 Å². The third-order valence-electron chi connectivity index (χ3n) is 8.69. The van der Waals surface area contributed by atoms with E-state index in [4.69, 9.17) is 21.1 Å². The monoisotopic (exact) mass is 557 g/mol. The first-order chi connectivity index (χ1) is 17.9. The molecule has 0 fully saturated rings. The Hall–Kier alpha value is -2.09. The quantitative estimate of drug-likeness (QED) is 0.236. The molecule has 1 N–H and O–H groups in total. The highest BCUT2D eigenvalue weighted by molar-refractivity contribution is 6.74. The van der Waals surface area contributed by atoms with Crippen LogP contribution in [0.2, 0.25) is 23.2 Å². The third-order valence-corrected chi connectivity index (χ3v) is 13.5. The molecular formula is C30H44ClN3O3Si. The summed E-state index contributed by atoms with van der Waals surface area (Å²) < 4.78 is 10.5. The number of benzene rings is 1. The van der Waals surface area contributed by atoms with Crippen LogP contribution in [-0.2, 0) is 37.3 Å². The first-order valence-corrected chi connectivity index (χ1v) is 17.4. The van der Waals surface area contributed by atoms with Gasteiger partial charge in [0.25, 0.3) is 0 Å². The molecule has 4 rings (SSSR count). The number of fused-ring (bicyclic) bond motifs is 2. The molecule has 2 aromatic heterocycles. The Labute approximate surface area is 233 Å². The Morgan fingerprint density at radius 1 is 1.16 bits per heavy atom. The molecule has 0 saturated heterocycles. The summed E-state index contributed by atoms with van der Waals surface area (Å²) in [5.41, 5.74) is 6.48. The Balaban J connectivity index is 1.88. The number of carboxylic acids is 1. The molecule has 3 heterocycles. The number of aryl methyl sites for hydroxylation is 4. The molecule has 0 saturated carbocycles. The van der Waals surface area contributed by atoms with Gasteiger partial charge in [-0.05, 0) is 68.3 Å². The molecule has 208 valence electrons. The zero-order valence-corrected chi connectivity index (χ0v) is 26.0. The average molecular weight is 558 g/mol. The Morgan fingerprint density at radius 3 is 2.53 bits per heavy atom. The lowest BCUT2D eigenvalue weighted by atomic mass is 9.95. The van der Waals surface area contributed by atoms with Gasteiger partial charge in [-0.25, -0.2) is 4.79 Å². The topological polar surface area (TPSA) is 69.3 Å². The van der Waals surface area contributed by atoms with Crippen molar-refractivity contribution in [2.45, 2.75) is 104 Å². The number of halogens is 1. The second-order valence-corrected chi connectivity index (χ2v) is 17.4. The van der Waals surface area contributed by atoms with Crippen LogP contribution in [0.4, 0.5) is 0 Å². The SMILES string of the molecule is CCc1c2c(nn1C)CCCCCCn1c(C(=O)O)c(CCCO[Si](C)(C)C(C)(C)C)c3ccc(Cl)c-2c31. The van der Waals surface area contributed by atoms with Crippen LogP contribution in [0.25, 0.3) is 22.0 Å². The lowest BCUT2D eigenvalue weighted by Gasteiger charge is -2.36. The summed E-state index contributed by atoms with van der Waals surface area (Å²) in [4.78, 5) is 12.8. The van der Waals surface area contributed by atoms with E-state index in [1.54, 1.807) is 0 Å². The number of hydrogen-bond acceptors (Lipinski definition) is 3. The molecule has 3 aromatic rings. The summed E-state index contributed by atoms with van der Waals surface area (Å²) >= 11 is 6.98. The Kier molecular flexibility index (Phi) is 8.51. The second kappa shape index (κ2) is 11.2. The lowest BCUT2D eigenvalue weighted by molar-refractivity contribution is 0.0684. The van der Waals surface area contributed by atoms with Gasteiger partial charge in [0, 0.05) is 42.4 Å². The Bertz CT molecular complexity index is 1330. The van der Waals surface area contributed by atoms with Crippen LogP contribution >= 0.6 is 11.6 Å². The van der Waals surface area contributed by atoms with Crippen LogP contribution in [0, 0.1) is 0 Å². The number of aromatic nitrogens is 3. The van der Waals surface area contributed by atoms with Gasteiger partial charge in [-0.2, -0.15) is 5.10 Å². The van der Waals surface area contributed by atoms with Gasteiger partial charge < -0.3 is 14.1 Å². The van der Waals surface area contributed by atoms with Gasteiger partial charge in [-0.1, -0.05) is 58.2 Å². The van der Waals surface area contributed by atoms with Crippen molar-refractivity contribution in [3.05, 3.63) is 39.8 Å². The predicted octanol–water partition coefficient (Wildman–Crippen LogP) is 8.03. The van der Waals surface area contributed by atoms with Crippen LogP contribution in [0.3, 0.4) is 0 Å². The number of carboxylic acid groups (broad SMARTS) is 1. The van der Waals surface area contributed by atoms with Gasteiger partial charge in [0.2, 0.25) is 0 Å². The maximum absolute atomic E-state index is 12.8. The van der Waals surface area contributed by atoms with Crippen molar-refractivity contribution in [2.24, 2.45) is 7.05 Å². The second-order valence-electron chi connectivity index (χ2n) is 12.2. The lowest BCUT2D eigenvalue weighted by Crippen LogP contribution is -2.41. The van der Waals surface area contributed by atoms with E-state index in [1.165, 1.54) is 0 Å². The zero-order valence-electron chi connectivity index (χ0n) is 24.2. The van der Waals surface area contributed by atoms with Crippen LogP contribution in [-0.4, -0.2) is 40.3 Å². The highest BCUT2D eigenvalue weighted by Gasteiger charge is 2.37. The van der Waals surface area contributed by atoms with Crippen LogP contribution in [0.1, 0.15) is 87.2 Å². The molecule has 6 nitrogen and oxygen atoms in total. The van der Waals surface area contributed by atoms with E-state index in [1.807, 2.05) is 28.4 Å². The number of nitrogens with zero attached hydrogens (tertiary/aromatic N) is 3. The van der Waals surface area contributed by atoms with Crippen molar-refractivity contribution in [2.75, 3.05) is 6.61 Å². The number of aromatic carboxylic acids is 1. The maximum atomic E-state index is 12.8. The third kappa shape index (κ3) is 5.34. The van der Waals surface area contributed by atoms with Crippen LogP contribution < -0.4 is 0 Å². The fraction of sp³-hybridized carbons (Fsp3) is 0.600. The van der Waals surface area contributed by atoms with E-state index in [0.717, 1.165) is 83.9 Å². The molecule has 0 unspecified atom stereocenters. The minimum absolute atomic E-state index is 0.143. The zero-order chi connectivity index (χ0) is 27.8.